The van der Waals surface area contributed by atoms with E-state index in [2.05, 4.69) is 15.6 Å². The average Bonchev–Trinajstić information content (AvgIpc) is 3.05. The lowest BCUT2D eigenvalue weighted by Crippen LogP contribution is -2.27. The average molecular weight is 376 g/mol. The summed E-state index contributed by atoms with van der Waals surface area (Å²) in [6.07, 6.45) is 1.34. The van der Waals surface area contributed by atoms with E-state index in [0.717, 1.165) is 5.39 Å². The summed E-state index contributed by atoms with van der Waals surface area (Å²) in [4.78, 5) is 40.3. The van der Waals surface area contributed by atoms with Crippen molar-refractivity contribution in [1.29, 1.82) is 0 Å². The predicted octanol–water partition coefficient (Wildman–Crippen LogP) is 2.74. The Kier molecular flexibility index (Phi) is 4.36. The smallest absolute Gasteiger partial charge is 0.297 e. The lowest BCUT2D eigenvalue weighted by atomic mass is 10.2. The minimum Gasteiger partial charge on any atom is -0.448 e. The van der Waals surface area contributed by atoms with Gasteiger partial charge in [-0.05, 0) is 36.4 Å². The molecule has 0 aliphatic heterocycles. The molecule has 0 fully saturated rings. The number of hydrogen-bond acceptors (Lipinski definition) is 5. The van der Waals surface area contributed by atoms with E-state index in [1.54, 1.807) is 30.3 Å². The number of para-hydroxylation sites is 1. The number of hydrogen-bond donors (Lipinski definition) is 2. The highest BCUT2D eigenvalue weighted by atomic mass is 16.3. The molecule has 28 heavy (non-hydrogen) atoms. The van der Waals surface area contributed by atoms with Gasteiger partial charge in [-0.15, -0.1) is 0 Å². The molecule has 0 radical (unpaired) electrons. The minimum atomic E-state index is -0.419. The number of anilines is 2. The third-order valence-corrected chi connectivity index (χ3v) is 4.15. The van der Waals surface area contributed by atoms with Gasteiger partial charge in [0.15, 0.2) is 0 Å². The van der Waals surface area contributed by atoms with Gasteiger partial charge in [-0.25, -0.2) is 4.98 Å². The number of carbonyl (C=O) groups excluding carboxylic acids is 2. The van der Waals surface area contributed by atoms with Crippen molar-refractivity contribution in [1.82, 2.24) is 9.55 Å². The molecule has 2 aromatic carbocycles. The van der Waals surface area contributed by atoms with Gasteiger partial charge >= 0.3 is 0 Å². The standard InChI is InChI=1S/C20H16N4O4/c1-12(25)22-13-6-8-14(9-7-13)23-17(26)10-24-11-21-18-15-4-2-3-5-16(15)28-19(18)20(24)27/h2-9,11H,10H2,1H3,(H,22,25)(H,23,26). The van der Waals surface area contributed by atoms with Gasteiger partial charge in [0.25, 0.3) is 5.56 Å². The fourth-order valence-electron chi connectivity index (χ4n) is 2.92. The van der Waals surface area contributed by atoms with Gasteiger partial charge in [0.1, 0.15) is 17.6 Å². The largest absolute Gasteiger partial charge is 0.448 e. The number of amides is 2. The zero-order valence-electron chi connectivity index (χ0n) is 14.9. The summed E-state index contributed by atoms with van der Waals surface area (Å²) in [5.74, 6) is -0.559. The van der Waals surface area contributed by atoms with E-state index in [4.69, 9.17) is 4.42 Å². The monoisotopic (exact) mass is 376 g/mol. The highest BCUT2D eigenvalue weighted by Crippen LogP contribution is 2.24. The van der Waals surface area contributed by atoms with E-state index in [9.17, 15) is 14.4 Å². The van der Waals surface area contributed by atoms with Crippen molar-refractivity contribution in [3.05, 3.63) is 65.2 Å². The van der Waals surface area contributed by atoms with Gasteiger partial charge in [-0.3, -0.25) is 19.0 Å². The van der Waals surface area contributed by atoms with Crippen molar-refractivity contribution in [2.75, 3.05) is 10.6 Å². The molecule has 8 heteroatoms. The lowest BCUT2D eigenvalue weighted by Gasteiger charge is -2.08. The van der Waals surface area contributed by atoms with Gasteiger partial charge in [0.05, 0.1) is 6.33 Å². The van der Waals surface area contributed by atoms with E-state index < -0.39 is 5.56 Å². The second-order valence-corrected chi connectivity index (χ2v) is 6.26. The van der Waals surface area contributed by atoms with Crippen molar-refractivity contribution in [2.24, 2.45) is 0 Å². The maximum absolute atomic E-state index is 12.6. The Morgan fingerprint density at radius 3 is 2.43 bits per heavy atom. The Bertz CT molecular complexity index is 1250. The molecular weight excluding hydrogens is 360 g/mol. The Balaban J connectivity index is 1.53. The number of nitrogens with zero attached hydrogens (tertiary/aromatic N) is 2. The normalized spacial score (nSPS) is 10.9. The molecule has 0 atom stereocenters. The molecule has 0 spiro atoms. The third kappa shape index (κ3) is 3.35. The fraction of sp³-hybridized carbons (Fsp3) is 0.100. The molecule has 2 aromatic heterocycles. The van der Waals surface area contributed by atoms with Gasteiger partial charge in [0, 0.05) is 23.7 Å². The van der Waals surface area contributed by atoms with Crippen molar-refractivity contribution >= 4 is 45.3 Å². The number of carbonyl (C=O) groups is 2. The Hall–Kier alpha value is -3.94. The first kappa shape index (κ1) is 17.5. The highest BCUT2D eigenvalue weighted by Gasteiger charge is 2.14. The zero-order chi connectivity index (χ0) is 19.7. The number of nitrogens with one attached hydrogen (secondary N) is 2. The molecular formula is C20H16N4O4. The van der Waals surface area contributed by atoms with Crippen molar-refractivity contribution in [3.8, 4) is 0 Å². The van der Waals surface area contributed by atoms with E-state index in [0.29, 0.717) is 22.5 Å². The van der Waals surface area contributed by atoms with Crippen LogP contribution >= 0.6 is 0 Å². The Morgan fingerprint density at radius 2 is 1.71 bits per heavy atom. The predicted molar refractivity (Wildman–Crippen MR) is 105 cm³/mol. The van der Waals surface area contributed by atoms with E-state index in [1.807, 2.05) is 18.2 Å². The molecule has 2 N–H and O–H groups in total. The van der Waals surface area contributed by atoms with Crippen LogP contribution in [0.25, 0.3) is 22.1 Å². The minimum absolute atomic E-state index is 0.121. The van der Waals surface area contributed by atoms with Crippen LogP contribution in [0, 0.1) is 0 Å². The molecule has 140 valence electrons. The number of furan rings is 1. The molecule has 4 aromatic rings. The SMILES string of the molecule is CC(=O)Nc1ccc(NC(=O)Cn2cnc3c(oc4ccccc43)c2=O)cc1. The summed E-state index contributed by atoms with van der Waals surface area (Å²) >= 11 is 0. The van der Waals surface area contributed by atoms with Crippen LogP contribution in [-0.4, -0.2) is 21.4 Å². The molecule has 0 saturated carbocycles. The fourth-order valence-corrected chi connectivity index (χ4v) is 2.92. The summed E-state index contributed by atoms with van der Waals surface area (Å²) in [6, 6.07) is 13.9. The number of benzene rings is 2. The quantitative estimate of drug-likeness (QED) is 0.570. The highest BCUT2D eigenvalue weighted by molar-refractivity contribution is 6.01. The third-order valence-electron chi connectivity index (χ3n) is 4.15. The molecule has 0 saturated heterocycles. The lowest BCUT2D eigenvalue weighted by molar-refractivity contribution is -0.117. The summed E-state index contributed by atoms with van der Waals surface area (Å²) in [5.41, 5.74) is 1.93. The first-order chi connectivity index (χ1) is 13.5. The molecule has 8 nitrogen and oxygen atoms in total. The van der Waals surface area contributed by atoms with Gasteiger partial charge in [-0.2, -0.15) is 0 Å². The number of rotatable bonds is 4. The van der Waals surface area contributed by atoms with Crippen LogP contribution in [0.3, 0.4) is 0 Å². The summed E-state index contributed by atoms with van der Waals surface area (Å²) < 4.78 is 6.81. The Morgan fingerprint density at radius 1 is 1.04 bits per heavy atom. The number of aromatic nitrogens is 2. The first-order valence-electron chi connectivity index (χ1n) is 8.55. The molecule has 2 amide bonds. The van der Waals surface area contributed by atoms with Crippen molar-refractivity contribution in [2.45, 2.75) is 13.5 Å². The molecule has 0 bridgehead atoms. The van der Waals surface area contributed by atoms with Crippen molar-refractivity contribution in [3.63, 3.8) is 0 Å². The van der Waals surface area contributed by atoms with Crippen LogP contribution in [-0.2, 0) is 16.1 Å². The summed E-state index contributed by atoms with van der Waals surface area (Å²) in [7, 11) is 0. The second-order valence-electron chi connectivity index (χ2n) is 6.26. The van der Waals surface area contributed by atoms with Crippen LogP contribution in [0.1, 0.15) is 6.92 Å². The van der Waals surface area contributed by atoms with E-state index in [1.165, 1.54) is 17.8 Å². The molecule has 0 aliphatic rings. The van der Waals surface area contributed by atoms with Gasteiger partial charge < -0.3 is 15.1 Å². The maximum Gasteiger partial charge on any atom is 0.297 e. The molecule has 4 rings (SSSR count). The van der Waals surface area contributed by atoms with Crippen LogP contribution in [0.2, 0.25) is 0 Å². The Labute approximate surface area is 158 Å². The molecule has 2 heterocycles. The first-order valence-corrected chi connectivity index (χ1v) is 8.55. The molecule has 0 unspecified atom stereocenters. The van der Waals surface area contributed by atoms with Crippen LogP contribution in [0.4, 0.5) is 11.4 Å². The number of fused-ring (bicyclic) bond motifs is 3. The van der Waals surface area contributed by atoms with Crippen molar-refractivity contribution < 1.29 is 14.0 Å². The van der Waals surface area contributed by atoms with Gasteiger partial charge in [-0.1, -0.05) is 12.1 Å². The second kappa shape index (κ2) is 6.99. The molecule has 0 aliphatic carbocycles. The maximum atomic E-state index is 12.6. The van der Waals surface area contributed by atoms with E-state index >= 15 is 0 Å². The van der Waals surface area contributed by atoms with Gasteiger partial charge in [0.2, 0.25) is 17.4 Å². The topological polar surface area (TPSA) is 106 Å². The van der Waals surface area contributed by atoms with Crippen LogP contribution in [0.5, 0.6) is 0 Å². The zero-order valence-corrected chi connectivity index (χ0v) is 14.9. The summed E-state index contributed by atoms with van der Waals surface area (Å²) in [6.45, 7) is 1.21. The van der Waals surface area contributed by atoms with Crippen LogP contribution in [0.15, 0.2) is 64.1 Å². The van der Waals surface area contributed by atoms with E-state index in [-0.39, 0.29) is 23.9 Å². The summed E-state index contributed by atoms with van der Waals surface area (Å²) in [5, 5.41) is 6.10. The van der Waals surface area contributed by atoms with Crippen LogP contribution < -0.4 is 16.2 Å².